The minimum absolute atomic E-state index is 0.0740. The Morgan fingerprint density at radius 2 is 2.23 bits per heavy atom. The highest BCUT2D eigenvalue weighted by molar-refractivity contribution is 5.28. The first-order valence-corrected chi connectivity index (χ1v) is 4.74. The first kappa shape index (κ1) is 9.80. The van der Waals surface area contributed by atoms with E-state index in [1.165, 1.54) is 5.56 Å². The Balaban J connectivity index is 2.86. The van der Waals surface area contributed by atoms with Crippen LogP contribution in [0.4, 0.5) is 0 Å². The highest BCUT2D eigenvalue weighted by atomic mass is 14.3. The third-order valence-corrected chi connectivity index (χ3v) is 2.18. The van der Waals surface area contributed by atoms with Crippen LogP contribution in [-0.4, -0.2) is 0 Å². The second kappa shape index (κ2) is 4.67. The summed E-state index contributed by atoms with van der Waals surface area (Å²) in [4.78, 5) is 0. The van der Waals surface area contributed by atoms with E-state index in [4.69, 9.17) is 5.26 Å². The van der Waals surface area contributed by atoms with Crippen LogP contribution in [0.25, 0.3) is 0 Å². The smallest absolute Gasteiger partial charge is 0.0712 e. The van der Waals surface area contributed by atoms with Crippen LogP contribution in [0.1, 0.15) is 36.8 Å². The van der Waals surface area contributed by atoms with Crippen LogP contribution in [0, 0.1) is 18.3 Å². The number of nitrogens with zero attached hydrogens (tertiary/aromatic N) is 1. The molecule has 0 aliphatic heterocycles. The normalized spacial score (nSPS) is 12.1. The zero-order valence-corrected chi connectivity index (χ0v) is 8.25. The van der Waals surface area contributed by atoms with Crippen molar-refractivity contribution in [2.24, 2.45) is 0 Å². The predicted octanol–water partition coefficient (Wildman–Crippen LogP) is 3.40. The molecule has 0 aliphatic rings. The van der Waals surface area contributed by atoms with Gasteiger partial charge < -0.3 is 0 Å². The molecule has 0 N–H and O–H groups in total. The Hall–Kier alpha value is -1.29. The van der Waals surface area contributed by atoms with Gasteiger partial charge in [0, 0.05) is 0 Å². The Bertz CT molecular complexity index is 309. The monoisotopic (exact) mass is 173 g/mol. The molecule has 0 radical (unpaired) electrons. The van der Waals surface area contributed by atoms with Gasteiger partial charge in [-0.25, -0.2) is 0 Å². The van der Waals surface area contributed by atoms with Crippen molar-refractivity contribution in [3.05, 3.63) is 35.4 Å². The lowest BCUT2D eigenvalue weighted by atomic mass is 9.95. The highest BCUT2D eigenvalue weighted by Crippen LogP contribution is 2.20. The Morgan fingerprint density at radius 3 is 2.77 bits per heavy atom. The molecule has 68 valence electrons. The van der Waals surface area contributed by atoms with E-state index in [9.17, 15) is 0 Å². The molecule has 0 amide bonds. The van der Waals surface area contributed by atoms with Crippen molar-refractivity contribution in [1.29, 1.82) is 5.26 Å². The van der Waals surface area contributed by atoms with Gasteiger partial charge in [-0.1, -0.05) is 43.2 Å². The maximum absolute atomic E-state index is 8.95. The Kier molecular flexibility index (Phi) is 3.52. The fourth-order valence-corrected chi connectivity index (χ4v) is 1.48. The maximum atomic E-state index is 8.95. The molecule has 0 saturated heterocycles. The van der Waals surface area contributed by atoms with E-state index >= 15 is 0 Å². The van der Waals surface area contributed by atoms with Crippen LogP contribution in [-0.2, 0) is 0 Å². The molecule has 0 aliphatic carbocycles. The standard InChI is InChI=1S/C12H15N/c1-3-5-12(9-13)11-7-4-6-10(2)8-11/h4,6-8,12H,3,5H2,1-2H3. The molecule has 13 heavy (non-hydrogen) atoms. The molecule has 0 fully saturated rings. The van der Waals surface area contributed by atoms with Crippen molar-refractivity contribution in [1.82, 2.24) is 0 Å². The average molecular weight is 173 g/mol. The van der Waals surface area contributed by atoms with Crippen molar-refractivity contribution in [3.63, 3.8) is 0 Å². The Labute approximate surface area is 80.0 Å². The number of rotatable bonds is 3. The molecular weight excluding hydrogens is 158 g/mol. The second-order valence-corrected chi connectivity index (χ2v) is 3.38. The van der Waals surface area contributed by atoms with Gasteiger partial charge in [0.15, 0.2) is 0 Å². The van der Waals surface area contributed by atoms with Crippen molar-refractivity contribution in [3.8, 4) is 6.07 Å². The van der Waals surface area contributed by atoms with Gasteiger partial charge in [0.2, 0.25) is 0 Å². The van der Waals surface area contributed by atoms with Crippen LogP contribution in [0.2, 0.25) is 0 Å². The van der Waals surface area contributed by atoms with Crippen molar-refractivity contribution < 1.29 is 0 Å². The van der Waals surface area contributed by atoms with E-state index in [1.807, 2.05) is 12.1 Å². The van der Waals surface area contributed by atoms with E-state index in [2.05, 4.69) is 32.0 Å². The number of hydrogen-bond acceptors (Lipinski definition) is 1. The lowest BCUT2D eigenvalue weighted by Gasteiger charge is -2.07. The summed E-state index contributed by atoms with van der Waals surface area (Å²) in [6, 6.07) is 10.6. The van der Waals surface area contributed by atoms with E-state index < -0.39 is 0 Å². The largest absolute Gasteiger partial charge is 0.198 e. The van der Waals surface area contributed by atoms with Crippen molar-refractivity contribution in [2.45, 2.75) is 32.6 Å². The molecule has 1 unspecified atom stereocenters. The third-order valence-electron chi connectivity index (χ3n) is 2.18. The van der Waals surface area contributed by atoms with Gasteiger partial charge in [0.05, 0.1) is 12.0 Å². The van der Waals surface area contributed by atoms with Crippen LogP contribution >= 0.6 is 0 Å². The molecule has 0 saturated carbocycles. The van der Waals surface area contributed by atoms with Gasteiger partial charge in [-0.2, -0.15) is 5.26 Å². The fourth-order valence-electron chi connectivity index (χ4n) is 1.48. The first-order chi connectivity index (χ1) is 6.27. The molecule has 1 aromatic rings. The van der Waals surface area contributed by atoms with Crippen LogP contribution in [0.15, 0.2) is 24.3 Å². The quantitative estimate of drug-likeness (QED) is 0.687. The van der Waals surface area contributed by atoms with Gasteiger partial charge in [0.1, 0.15) is 0 Å². The number of nitriles is 1. The first-order valence-electron chi connectivity index (χ1n) is 4.74. The zero-order chi connectivity index (χ0) is 9.68. The molecule has 0 aromatic heterocycles. The highest BCUT2D eigenvalue weighted by Gasteiger charge is 2.08. The topological polar surface area (TPSA) is 23.8 Å². The summed E-state index contributed by atoms with van der Waals surface area (Å²) < 4.78 is 0. The summed E-state index contributed by atoms with van der Waals surface area (Å²) in [6.45, 7) is 4.17. The summed E-state index contributed by atoms with van der Waals surface area (Å²) in [5, 5.41) is 8.95. The molecule has 0 bridgehead atoms. The number of hydrogen-bond donors (Lipinski definition) is 0. The van der Waals surface area contributed by atoms with Gasteiger partial charge in [0.25, 0.3) is 0 Å². The molecule has 1 rings (SSSR count). The van der Waals surface area contributed by atoms with E-state index in [0.717, 1.165) is 18.4 Å². The average Bonchev–Trinajstić information content (AvgIpc) is 2.14. The number of benzene rings is 1. The molecule has 1 heteroatoms. The Morgan fingerprint density at radius 1 is 1.46 bits per heavy atom. The molecule has 1 atom stereocenters. The van der Waals surface area contributed by atoms with Crippen LogP contribution in [0.5, 0.6) is 0 Å². The zero-order valence-electron chi connectivity index (χ0n) is 8.25. The molecular formula is C12H15N. The lowest BCUT2D eigenvalue weighted by Crippen LogP contribution is -1.95. The summed E-state index contributed by atoms with van der Waals surface area (Å²) >= 11 is 0. The van der Waals surface area contributed by atoms with Crippen molar-refractivity contribution in [2.75, 3.05) is 0 Å². The van der Waals surface area contributed by atoms with E-state index in [-0.39, 0.29) is 5.92 Å². The fraction of sp³-hybridized carbons (Fsp3) is 0.417. The summed E-state index contributed by atoms with van der Waals surface area (Å²) in [5.41, 5.74) is 2.39. The van der Waals surface area contributed by atoms with Gasteiger partial charge in [-0.3, -0.25) is 0 Å². The molecule has 0 spiro atoms. The third kappa shape index (κ3) is 2.59. The molecule has 0 heterocycles. The minimum atomic E-state index is 0.0740. The molecule has 1 nitrogen and oxygen atoms in total. The molecule has 1 aromatic carbocycles. The summed E-state index contributed by atoms with van der Waals surface area (Å²) in [6.07, 6.45) is 2.02. The van der Waals surface area contributed by atoms with Gasteiger partial charge >= 0.3 is 0 Å². The second-order valence-electron chi connectivity index (χ2n) is 3.38. The maximum Gasteiger partial charge on any atom is 0.0712 e. The predicted molar refractivity (Wildman–Crippen MR) is 54.4 cm³/mol. The summed E-state index contributed by atoms with van der Waals surface area (Å²) in [7, 11) is 0. The van der Waals surface area contributed by atoms with Crippen LogP contribution in [0.3, 0.4) is 0 Å². The SMILES string of the molecule is CCCC(C#N)c1cccc(C)c1. The van der Waals surface area contributed by atoms with Gasteiger partial charge in [-0.05, 0) is 18.9 Å². The number of aryl methyl sites for hydroxylation is 1. The van der Waals surface area contributed by atoms with E-state index in [0.29, 0.717) is 0 Å². The minimum Gasteiger partial charge on any atom is -0.198 e. The summed E-state index contributed by atoms with van der Waals surface area (Å²) in [5.74, 6) is 0.0740. The van der Waals surface area contributed by atoms with Gasteiger partial charge in [-0.15, -0.1) is 0 Å². The lowest BCUT2D eigenvalue weighted by molar-refractivity contribution is 0.726. The van der Waals surface area contributed by atoms with Crippen LogP contribution < -0.4 is 0 Å². The van der Waals surface area contributed by atoms with Crippen molar-refractivity contribution >= 4 is 0 Å². The van der Waals surface area contributed by atoms with E-state index in [1.54, 1.807) is 0 Å².